The maximum Gasteiger partial charge on any atom is 0.225 e. The highest BCUT2D eigenvalue weighted by Gasteiger charge is 2.33. The minimum absolute atomic E-state index is 0.170. The Morgan fingerprint density at radius 1 is 1.00 bits per heavy atom. The Morgan fingerprint density at radius 2 is 1.70 bits per heavy atom. The van der Waals surface area contributed by atoms with E-state index in [1.165, 1.54) is 23.5 Å². The zero-order valence-corrected chi connectivity index (χ0v) is 16.9. The van der Waals surface area contributed by atoms with Crippen LogP contribution in [0.2, 0.25) is 0 Å². The van der Waals surface area contributed by atoms with Crippen molar-refractivity contribution >= 4 is 17.7 Å². The largest absolute Gasteiger partial charge is 0.342 e. The maximum atomic E-state index is 13.0. The molecule has 148 valence electrons. The standard InChI is InChI=1S/C22H31FN2OS/c23-20-3-1-17(2-4-20)15-18-5-10-25(11-6-18)22(26)19-7-12-24(13-8-19)21-9-14-27-16-21/h1-4,18-19,21H,5-16H2/t21-/m1/s1. The van der Waals surface area contributed by atoms with Crippen LogP contribution in [0.25, 0.3) is 0 Å². The Balaban J connectivity index is 1.21. The van der Waals surface area contributed by atoms with E-state index in [1.54, 1.807) is 12.1 Å². The molecule has 1 amide bonds. The molecule has 5 heteroatoms. The third kappa shape index (κ3) is 4.86. The van der Waals surface area contributed by atoms with Gasteiger partial charge in [-0.05, 0) is 81.0 Å². The number of benzene rings is 1. The number of hydrogen-bond acceptors (Lipinski definition) is 3. The van der Waals surface area contributed by atoms with Gasteiger partial charge < -0.3 is 4.90 Å². The van der Waals surface area contributed by atoms with Gasteiger partial charge in [0.15, 0.2) is 0 Å². The van der Waals surface area contributed by atoms with E-state index in [1.807, 2.05) is 12.1 Å². The normalized spacial score (nSPS) is 25.8. The van der Waals surface area contributed by atoms with Gasteiger partial charge in [0, 0.05) is 30.8 Å². The lowest BCUT2D eigenvalue weighted by Gasteiger charge is -2.39. The smallest absolute Gasteiger partial charge is 0.225 e. The van der Waals surface area contributed by atoms with Crippen molar-refractivity contribution in [3.8, 4) is 0 Å². The molecule has 0 N–H and O–H groups in total. The van der Waals surface area contributed by atoms with Gasteiger partial charge in [-0.15, -0.1) is 0 Å². The molecule has 0 saturated carbocycles. The van der Waals surface area contributed by atoms with Crippen molar-refractivity contribution in [2.24, 2.45) is 11.8 Å². The van der Waals surface area contributed by atoms with Gasteiger partial charge in [-0.25, -0.2) is 4.39 Å². The second-order valence-electron chi connectivity index (χ2n) is 8.43. The van der Waals surface area contributed by atoms with E-state index in [-0.39, 0.29) is 11.7 Å². The zero-order chi connectivity index (χ0) is 18.6. The van der Waals surface area contributed by atoms with Gasteiger partial charge in [0.1, 0.15) is 5.82 Å². The second-order valence-corrected chi connectivity index (χ2v) is 9.58. The molecule has 0 aliphatic carbocycles. The van der Waals surface area contributed by atoms with Crippen LogP contribution >= 0.6 is 11.8 Å². The summed E-state index contributed by atoms with van der Waals surface area (Å²) in [5, 5.41) is 0. The second kappa shape index (κ2) is 8.95. The van der Waals surface area contributed by atoms with E-state index >= 15 is 0 Å². The van der Waals surface area contributed by atoms with Crippen LogP contribution in [0.5, 0.6) is 0 Å². The SMILES string of the molecule is O=C(C1CCN([C@@H]2CCSC2)CC1)N1CCC(Cc2ccc(F)cc2)CC1. The Labute approximate surface area is 166 Å². The number of carbonyl (C=O) groups excluding carboxylic acids is 1. The first kappa shape index (κ1) is 19.3. The molecule has 3 nitrogen and oxygen atoms in total. The third-order valence-electron chi connectivity index (χ3n) is 6.66. The Bertz CT molecular complexity index is 616. The lowest BCUT2D eigenvalue weighted by Crippen LogP contribution is -2.47. The molecule has 3 heterocycles. The molecule has 3 aliphatic rings. The molecular formula is C22H31FN2OS. The number of halogens is 1. The minimum atomic E-state index is -0.170. The highest BCUT2D eigenvalue weighted by molar-refractivity contribution is 7.99. The van der Waals surface area contributed by atoms with Crippen LogP contribution in [0.15, 0.2) is 24.3 Å². The molecule has 3 saturated heterocycles. The zero-order valence-electron chi connectivity index (χ0n) is 16.1. The summed E-state index contributed by atoms with van der Waals surface area (Å²) in [6.07, 6.45) is 6.54. The monoisotopic (exact) mass is 390 g/mol. The van der Waals surface area contributed by atoms with Crippen molar-refractivity contribution in [3.63, 3.8) is 0 Å². The number of thioether (sulfide) groups is 1. The Morgan fingerprint density at radius 3 is 2.33 bits per heavy atom. The van der Waals surface area contributed by atoms with E-state index < -0.39 is 0 Å². The van der Waals surface area contributed by atoms with Crippen molar-refractivity contribution in [2.45, 2.75) is 44.6 Å². The summed E-state index contributed by atoms with van der Waals surface area (Å²) in [5.41, 5.74) is 1.21. The number of rotatable bonds is 4. The van der Waals surface area contributed by atoms with E-state index in [2.05, 4.69) is 21.6 Å². The molecular weight excluding hydrogens is 359 g/mol. The number of carbonyl (C=O) groups is 1. The van der Waals surface area contributed by atoms with E-state index in [4.69, 9.17) is 0 Å². The van der Waals surface area contributed by atoms with Crippen molar-refractivity contribution in [1.29, 1.82) is 0 Å². The average Bonchev–Trinajstić information content (AvgIpc) is 3.25. The molecule has 0 bridgehead atoms. The van der Waals surface area contributed by atoms with Gasteiger partial charge in [-0.1, -0.05) is 12.1 Å². The van der Waals surface area contributed by atoms with Crippen LogP contribution < -0.4 is 0 Å². The maximum absolute atomic E-state index is 13.0. The van der Waals surface area contributed by atoms with Gasteiger partial charge in [-0.3, -0.25) is 9.69 Å². The van der Waals surface area contributed by atoms with E-state index in [0.29, 0.717) is 11.8 Å². The van der Waals surface area contributed by atoms with Crippen molar-refractivity contribution in [3.05, 3.63) is 35.6 Å². The lowest BCUT2D eigenvalue weighted by molar-refractivity contribution is -0.138. The van der Waals surface area contributed by atoms with Gasteiger partial charge in [0.2, 0.25) is 5.91 Å². The highest BCUT2D eigenvalue weighted by Crippen LogP contribution is 2.29. The van der Waals surface area contributed by atoms with E-state index in [9.17, 15) is 9.18 Å². The van der Waals surface area contributed by atoms with Gasteiger partial charge >= 0.3 is 0 Å². The Hall–Kier alpha value is -1.07. The molecule has 0 spiro atoms. The fourth-order valence-corrected chi connectivity index (χ4v) is 6.15. The number of nitrogens with zero attached hydrogens (tertiary/aromatic N) is 2. The quantitative estimate of drug-likeness (QED) is 0.781. The van der Waals surface area contributed by atoms with Crippen LogP contribution in [0.4, 0.5) is 4.39 Å². The number of likely N-dealkylation sites (tertiary alicyclic amines) is 2. The van der Waals surface area contributed by atoms with Gasteiger partial charge in [0.05, 0.1) is 0 Å². The molecule has 1 aromatic rings. The topological polar surface area (TPSA) is 23.6 Å². The van der Waals surface area contributed by atoms with Crippen molar-refractivity contribution in [1.82, 2.24) is 9.80 Å². The average molecular weight is 391 g/mol. The van der Waals surface area contributed by atoms with E-state index in [0.717, 1.165) is 64.3 Å². The summed E-state index contributed by atoms with van der Waals surface area (Å²) in [6, 6.07) is 7.63. The van der Waals surface area contributed by atoms with Gasteiger partial charge in [-0.2, -0.15) is 11.8 Å². The van der Waals surface area contributed by atoms with Crippen LogP contribution in [0.1, 0.15) is 37.7 Å². The third-order valence-corrected chi connectivity index (χ3v) is 7.81. The minimum Gasteiger partial charge on any atom is -0.342 e. The molecule has 27 heavy (non-hydrogen) atoms. The lowest BCUT2D eigenvalue weighted by atomic mass is 9.88. The van der Waals surface area contributed by atoms with Crippen LogP contribution in [-0.4, -0.2) is 59.4 Å². The van der Waals surface area contributed by atoms with Crippen LogP contribution in [0.3, 0.4) is 0 Å². The van der Waals surface area contributed by atoms with Crippen molar-refractivity contribution in [2.75, 3.05) is 37.7 Å². The predicted molar refractivity (Wildman–Crippen MR) is 109 cm³/mol. The molecule has 0 aromatic heterocycles. The van der Waals surface area contributed by atoms with Gasteiger partial charge in [0.25, 0.3) is 0 Å². The molecule has 0 unspecified atom stereocenters. The summed E-state index contributed by atoms with van der Waals surface area (Å²) in [6.45, 7) is 3.99. The summed E-state index contributed by atoms with van der Waals surface area (Å²) in [7, 11) is 0. The van der Waals surface area contributed by atoms with Crippen LogP contribution in [0, 0.1) is 17.7 Å². The summed E-state index contributed by atoms with van der Waals surface area (Å²) in [5.74, 6) is 3.66. The first-order valence-electron chi connectivity index (χ1n) is 10.5. The molecule has 4 rings (SSSR count). The number of amides is 1. The number of hydrogen-bond donors (Lipinski definition) is 0. The number of piperidine rings is 2. The first-order valence-corrected chi connectivity index (χ1v) is 11.7. The highest BCUT2D eigenvalue weighted by atomic mass is 32.2. The summed E-state index contributed by atoms with van der Waals surface area (Å²) >= 11 is 2.07. The Kier molecular flexibility index (Phi) is 6.39. The molecule has 0 radical (unpaired) electrons. The van der Waals surface area contributed by atoms with Crippen molar-refractivity contribution < 1.29 is 9.18 Å². The van der Waals surface area contributed by atoms with Crippen LogP contribution in [-0.2, 0) is 11.2 Å². The molecule has 3 aliphatic heterocycles. The fourth-order valence-electron chi connectivity index (χ4n) is 4.89. The summed E-state index contributed by atoms with van der Waals surface area (Å²) < 4.78 is 13.0. The summed E-state index contributed by atoms with van der Waals surface area (Å²) in [4.78, 5) is 17.7. The molecule has 3 fully saturated rings. The molecule has 1 atom stereocenters. The first-order chi connectivity index (χ1) is 13.2. The predicted octanol–water partition coefficient (Wildman–Crippen LogP) is 3.82. The molecule has 1 aromatic carbocycles. The fraction of sp³-hybridized carbons (Fsp3) is 0.682.